The molecule has 152 valence electrons. The molecule has 0 saturated heterocycles. The Hall–Kier alpha value is -2.69. The first kappa shape index (κ1) is 18.3. The van der Waals surface area contributed by atoms with Gasteiger partial charge in [0.15, 0.2) is 0 Å². The van der Waals surface area contributed by atoms with Crippen LogP contribution in [0, 0.1) is 5.92 Å². The number of rotatable bonds is 6. The smallest absolute Gasteiger partial charge is 0.238 e. The fourth-order valence-electron chi connectivity index (χ4n) is 4.80. The lowest BCUT2D eigenvalue weighted by Gasteiger charge is -2.37. The van der Waals surface area contributed by atoms with Gasteiger partial charge in [-0.2, -0.15) is 0 Å². The third kappa shape index (κ3) is 2.95. The number of nitrogens with zero attached hydrogens (tertiary/aromatic N) is 1. The van der Waals surface area contributed by atoms with Gasteiger partial charge in [-0.15, -0.1) is 0 Å². The second kappa shape index (κ2) is 6.97. The summed E-state index contributed by atoms with van der Waals surface area (Å²) in [6.07, 6.45) is 6.60. The summed E-state index contributed by atoms with van der Waals surface area (Å²) < 4.78 is 11.5. The number of hydrogen-bond donors (Lipinski definition) is 1. The Morgan fingerprint density at radius 2 is 1.90 bits per heavy atom. The molecule has 29 heavy (non-hydrogen) atoms. The molecule has 5 heteroatoms. The van der Waals surface area contributed by atoms with Crippen LogP contribution in [-0.4, -0.2) is 19.6 Å². The maximum Gasteiger partial charge on any atom is 0.238 e. The van der Waals surface area contributed by atoms with Crippen LogP contribution < -0.4 is 20.1 Å². The number of carbonyl (C=O) groups is 1. The second-order valence-electron chi connectivity index (χ2n) is 8.70. The maximum absolute atomic E-state index is 13.6. The lowest BCUT2D eigenvalue weighted by molar-refractivity contribution is -0.126. The van der Waals surface area contributed by atoms with Crippen LogP contribution in [0.25, 0.3) is 0 Å². The van der Waals surface area contributed by atoms with Gasteiger partial charge in [0.2, 0.25) is 5.91 Å². The van der Waals surface area contributed by atoms with Gasteiger partial charge >= 0.3 is 0 Å². The molecule has 2 saturated carbocycles. The molecule has 2 N–H and O–H groups in total. The number of carbonyl (C=O) groups excluding carboxylic acids is 1. The molecule has 0 atom stereocenters. The molecule has 1 aliphatic heterocycles. The fraction of sp³-hybridized carbons (Fsp3) is 0.458. The highest BCUT2D eigenvalue weighted by molar-refractivity contribution is 6.10. The summed E-state index contributed by atoms with van der Waals surface area (Å²) in [5.41, 5.74) is 9.57. The van der Waals surface area contributed by atoms with E-state index in [0.29, 0.717) is 24.8 Å². The Morgan fingerprint density at radius 3 is 2.48 bits per heavy atom. The highest BCUT2D eigenvalue weighted by Crippen LogP contribution is 2.57. The summed E-state index contributed by atoms with van der Waals surface area (Å²) in [6.45, 7) is 1.23. The molecule has 1 heterocycles. The number of ether oxygens (including phenoxy) is 2. The minimum atomic E-state index is -0.411. The number of benzene rings is 2. The van der Waals surface area contributed by atoms with Gasteiger partial charge < -0.3 is 20.1 Å². The number of fused-ring (bicyclic) bond motifs is 2. The van der Waals surface area contributed by atoms with Gasteiger partial charge in [0.1, 0.15) is 11.5 Å². The van der Waals surface area contributed by atoms with Crippen molar-refractivity contribution in [3.05, 3.63) is 47.5 Å². The summed E-state index contributed by atoms with van der Waals surface area (Å²) in [6, 6.07) is 11.8. The van der Waals surface area contributed by atoms with Crippen LogP contribution in [0.1, 0.15) is 49.7 Å². The monoisotopic (exact) mass is 392 g/mol. The van der Waals surface area contributed by atoms with Gasteiger partial charge in [0.05, 0.1) is 31.4 Å². The van der Waals surface area contributed by atoms with Crippen LogP contribution in [0.5, 0.6) is 11.5 Å². The van der Waals surface area contributed by atoms with Crippen molar-refractivity contribution in [1.29, 1.82) is 0 Å². The van der Waals surface area contributed by atoms with Gasteiger partial charge in [-0.3, -0.25) is 4.79 Å². The molecule has 3 aliphatic rings. The summed E-state index contributed by atoms with van der Waals surface area (Å²) >= 11 is 0. The van der Waals surface area contributed by atoms with Crippen molar-refractivity contribution in [2.75, 3.05) is 24.4 Å². The van der Waals surface area contributed by atoms with Crippen LogP contribution >= 0.6 is 0 Å². The van der Waals surface area contributed by atoms with Crippen LogP contribution in [0.15, 0.2) is 36.4 Å². The minimum Gasteiger partial charge on any atom is -0.497 e. The van der Waals surface area contributed by atoms with Gasteiger partial charge in [-0.25, -0.2) is 0 Å². The molecule has 1 spiro atoms. The number of amides is 1. The van der Waals surface area contributed by atoms with Gasteiger partial charge in [0, 0.05) is 11.8 Å². The molecule has 5 nitrogen and oxygen atoms in total. The van der Waals surface area contributed by atoms with Crippen LogP contribution in [0.2, 0.25) is 0 Å². The van der Waals surface area contributed by atoms with Crippen LogP contribution in [0.4, 0.5) is 11.4 Å². The molecule has 2 aromatic rings. The average Bonchev–Trinajstić information content (AvgIpc) is 2.89. The largest absolute Gasteiger partial charge is 0.497 e. The first-order chi connectivity index (χ1) is 14.1. The maximum atomic E-state index is 13.6. The third-order valence-corrected chi connectivity index (χ3v) is 6.94. The molecular weight excluding hydrogens is 364 g/mol. The Morgan fingerprint density at radius 1 is 1.14 bits per heavy atom. The molecule has 0 unspecified atom stereocenters. The summed E-state index contributed by atoms with van der Waals surface area (Å²) in [4.78, 5) is 15.5. The summed E-state index contributed by atoms with van der Waals surface area (Å²) in [5, 5.41) is 0. The molecule has 0 radical (unpaired) electrons. The van der Waals surface area contributed by atoms with Gasteiger partial charge in [0.25, 0.3) is 0 Å². The lowest BCUT2D eigenvalue weighted by Crippen LogP contribution is -2.44. The van der Waals surface area contributed by atoms with E-state index in [-0.39, 0.29) is 5.91 Å². The zero-order valence-corrected chi connectivity index (χ0v) is 16.9. The van der Waals surface area contributed by atoms with Crippen molar-refractivity contribution in [3.63, 3.8) is 0 Å². The van der Waals surface area contributed by atoms with Crippen LogP contribution in [0.3, 0.4) is 0 Å². The number of methoxy groups -OCH3 is 1. The SMILES string of the molecule is COc1ccc(CN2C(=O)C3(CCC3)c3cc(N)cc(OCC4CCC4)c32)cc1. The number of anilines is 2. The van der Waals surface area contributed by atoms with E-state index in [9.17, 15) is 4.79 Å². The highest BCUT2D eigenvalue weighted by atomic mass is 16.5. The molecule has 0 aromatic heterocycles. The molecule has 2 aromatic carbocycles. The first-order valence-corrected chi connectivity index (χ1v) is 10.6. The van der Waals surface area contributed by atoms with E-state index < -0.39 is 5.41 Å². The average molecular weight is 392 g/mol. The topological polar surface area (TPSA) is 64.8 Å². The summed E-state index contributed by atoms with van der Waals surface area (Å²) in [5.74, 6) is 2.39. The number of hydrogen-bond acceptors (Lipinski definition) is 4. The molecule has 5 rings (SSSR count). The lowest BCUT2D eigenvalue weighted by atomic mass is 9.65. The van der Waals surface area contributed by atoms with Crippen molar-refractivity contribution in [1.82, 2.24) is 0 Å². The molecule has 0 bridgehead atoms. The van der Waals surface area contributed by atoms with E-state index in [1.54, 1.807) is 7.11 Å². The zero-order valence-electron chi connectivity index (χ0n) is 16.9. The molecule has 2 aliphatic carbocycles. The quantitative estimate of drug-likeness (QED) is 0.739. The van der Waals surface area contributed by atoms with Crippen molar-refractivity contribution in [2.24, 2.45) is 5.92 Å². The van der Waals surface area contributed by atoms with E-state index in [1.807, 2.05) is 41.3 Å². The van der Waals surface area contributed by atoms with Crippen molar-refractivity contribution < 1.29 is 14.3 Å². The Labute approximate surface area is 171 Å². The predicted octanol–water partition coefficient (Wildman–Crippen LogP) is 4.42. The van der Waals surface area contributed by atoms with Crippen molar-refractivity contribution in [3.8, 4) is 11.5 Å². The van der Waals surface area contributed by atoms with E-state index in [1.165, 1.54) is 19.3 Å². The van der Waals surface area contributed by atoms with E-state index >= 15 is 0 Å². The molecule has 2 fully saturated rings. The Kier molecular flexibility index (Phi) is 4.41. The highest BCUT2D eigenvalue weighted by Gasteiger charge is 2.55. The second-order valence-corrected chi connectivity index (χ2v) is 8.70. The first-order valence-electron chi connectivity index (χ1n) is 10.6. The van der Waals surface area contributed by atoms with E-state index in [4.69, 9.17) is 15.2 Å². The molecular formula is C24H28N2O3. The van der Waals surface area contributed by atoms with E-state index in [0.717, 1.165) is 47.6 Å². The van der Waals surface area contributed by atoms with Crippen molar-refractivity contribution in [2.45, 2.75) is 50.5 Å². The van der Waals surface area contributed by atoms with Gasteiger partial charge in [-0.05, 0) is 60.9 Å². The number of nitrogen functional groups attached to an aromatic ring is 1. The standard InChI is InChI=1S/C24H28N2O3/c1-28-19-8-6-16(7-9-19)14-26-22-20(24(23(26)27)10-3-11-24)12-18(25)13-21(22)29-15-17-4-2-5-17/h6-9,12-13,17H,2-5,10-11,14-15,25H2,1H3. The van der Waals surface area contributed by atoms with Crippen molar-refractivity contribution >= 4 is 17.3 Å². The number of nitrogens with two attached hydrogens (primary N) is 1. The fourth-order valence-corrected chi connectivity index (χ4v) is 4.80. The Bertz CT molecular complexity index is 930. The van der Waals surface area contributed by atoms with Crippen LogP contribution in [-0.2, 0) is 16.8 Å². The normalized spacial score (nSPS) is 19.6. The summed E-state index contributed by atoms with van der Waals surface area (Å²) in [7, 11) is 1.66. The zero-order chi connectivity index (χ0) is 20.0. The van der Waals surface area contributed by atoms with Gasteiger partial charge in [-0.1, -0.05) is 25.0 Å². The minimum absolute atomic E-state index is 0.189. The predicted molar refractivity (Wildman–Crippen MR) is 113 cm³/mol. The Balaban J connectivity index is 1.51. The van der Waals surface area contributed by atoms with E-state index in [2.05, 4.69) is 0 Å². The molecule has 1 amide bonds. The third-order valence-electron chi connectivity index (χ3n) is 6.94.